The molecule has 0 heterocycles. The van der Waals surface area contributed by atoms with Crippen molar-refractivity contribution in [1.29, 1.82) is 0 Å². The molecule has 15 heavy (non-hydrogen) atoms. The van der Waals surface area contributed by atoms with Gasteiger partial charge in [-0.15, -0.1) is 6.42 Å². The molecule has 0 aliphatic carbocycles. The lowest BCUT2D eigenvalue weighted by Gasteiger charge is -1.55. The summed E-state index contributed by atoms with van der Waals surface area (Å²) in [6.07, 6.45) is 4.86. The molecule has 64 valence electrons. The maximum atomic E-state index is 4.86. The summed E-state index contributed by atoms with van der Waals surface area (Å²) in [5.41, 5.74) is 4.86. The van der Waals surface area contributed by atoms with Crippen LogP contribution in [0.2, 0.25) is 0 Å². The van der Waals surface area contributed by atoms with Gasteiger partial charge in [0.2, 0.25) is 0 Å². The van der Waals surface area contributed by atoms with E-state index in [9.17, 15) is 0 Å². The van der Waals surface area contributed by atoms with E-state index in [2.05, 4.69) is 77.1 Å². The van der Waals surface area contributed by atoms with Crippen LogP contribution in [0.1, 0.15) is 0 Å². The highest BCUT2D eigenvalue weighted by molar-refractivity contribution is 5.44. The average Bonchev–Trinajstić information content (AvgIpc) is 2.26. The Balaban J connectivity index is 4.21. The summed E-state index contributed by atoms with van der Waals surface area (Å²) in [4.78, 5) is 0. The molecule has 0 aromatic heterocycles. The highest BCUT2D eigenvalue weighted by Crippen LogP contribution is 1.56. The first kappa shape index (κ1) is 11.7. The van der Waals surface area contributed by atoms with Gasteiger partial charge in [-0.2, -0.15) is 0 Å². The summed E-state index contributed by atoms with van der Waals surface area (Å²) in [6.45, 7) is 0. The Hall–Kier alpha value is -3.28. The second-order valence-corrected chi connectivity index (χ2v) is 1.66. The van der Waals surface area contributed by atoms with E-state index in [-0.39, 0.29) is 0 Å². The molecule has 0 aliphatic rings. The van der Waals surface area contributed by atoms with Crippen LogP contribution >= 0.6 is 0 Å². The van der Waals surface area contributed by atoms with Gasteiger partial charge in [0.1, 0.15) is 0 Å². The van der Waals surface area contributed by atoms with Gasteiger partial charge < -0.3 is 5.73 Å². The summed E-state index contributed by atoms with van der Waals surface area (Å²) in [6, 6.07) is 2.12. The number of nitrogens with two attached hydrogens (primary N) is 1. The smallest absolute Gasteiger partial charge is 0.0160 e. The monoisotopic (exact) mass is 185 g/mol. The van der Waals surface area contributed by atoms with Crippen molar-refractivity contribution >= 4 is 0 Å². The molecule has 0 aliphatic heterocycles. The number of hydrogen-bond acceptors (Lipinski definition) is 1. The van der Waals surface area contributed by atoms with E-state index in [4.69, 9.17) is 12.2 Å². The molecule has 0 aromatic carbocycles. The zero-order chi connectivity index (χ0) is 11.2. The standard InChI is InChI=1S/C14H3N/c1-2-3-4-5-6-7-8-9-10-11-12-13-14-15/h1H,15H2. The molecule has 0 radical (unpaired) electrons. The largest absolute Gasteiger partial charge is 0.359 e. The molecular weight excluding hydrogens is 182 g/mol. The fraction of sp³-hybridized carbons (Fsp3) is 0. The predicted octanol–water partition coefficient (Wildman–Crippen LogP) is -0.444. The summed E-state index contributed by atoms with van der Waals surface area (Å²) in [5, 5.41) is 0. The van der Waals surface area contributed by atoms with Crippen LogP contribution in [0, 0.1) is 83.5 Å². The zero-order valence-corrected chi connectivity index (χ0v) is 7.65. The minimum absolute atomic E-state index is 2.12. The molecule has 0 fully saturated rings. The van der Waals surface area contributed by atoms with Gasteiger partial charge in [0, 0.05) is 41.6 Å². The third-order valence-corrected chi connectivity index (χ3v) is 0.769. The minimum atomic E-state index is 2.12. The molecule has 0 saturated carbocycles. The van der Waals surface area contributed by atoms with Crippen molar-refractivity contribution in [3.63, 3.8) is 0 Å². The zero-order valence-electron chi connectivity index (χ0n) is 7.65. The average molecular weight is 185 g/mol. The lowest BCUT2D eigenvalue weighted by atomic mass is 10.5. The van der Waals surface area contributed by atoms with E-state index < -0.39 is 0 Å². The first-order valence-corrected chi connectivity index (χ1v) is 3.58. The van der Waals surface area contributed by atoms with Crippen LogP contribution in [0.5, 0.6) is 0 Å². The van der Waals surface area contributed by atoms with Gasteiger partial charge in [-0.05, 0) is 35.5 Å². The normalized spacial score (nSPS) is 3.67. The minimum Gasteiger partial charge on any atom is -0.359 e. The predicted molar refractivity (Wildman–Crippen MR) is 59.7 cm³/mol. The van der Waals surface area contributed by atoms with Gasteiger partial charge in [-0.25, -0.2) is 0 Å². The summed E-state index contributed by atoms with van der Waals surface area (Å²) < 4.78 is 0. The number of hydrogen-bond donors (Lipinski definition) is 1. The van der Waals surface area contributed by atoms with Crippen molar-refractivity contribution in [1.82, 2.24) is 0 Å². The quantitative estimate of drug-likeness (QED) is 0.401. The third kappa shape index (κ3) is 10.7. The Labute approximate surface area is 89.8 Å². The molecule has 2 N–H and O–H groups in total. The van der Waals surface area contributed by atoms with Crippen LogP contribution in [-0.2, 0) is 0 Å². The molecule has 0 atom stereocenters. The second kappa shape index (κ2) is 10.7. The van der Waals surface area contributed by atoms with E-state index >= 15 is 0 Å². The Morgan fingerprint density at radius 1 is 0.533 bits per heavy atom. The molecule has 0 bridgehead atoms. The van der Waals surface area contributed by atoms with Crippen LogP contribution in [-0.4, -0.2) is 0 Å². The van der Waals surface area contributed by atoms with Gasteiger partial charge >= 0.3 is 0 Å². The van der Waals surface area contributed by atoms with Gasteiger partial charge in [0.25, 0.3) is 0 Å². The van der Waals surface area contributed by atoms with E-state index in [1.54, 1.807) is 0 Å². The van der Waals surface area contributed by atoms with E-state index in [1.807, 2.05) is 0 Å². The summed E-state index contributed by atoms with van der Waals surface area (Å²) in [5.74, 6) is 28.7. The van der Waals surface area contributed by atoms with Crippen LogP contribution in [0.15, 0.2) is 0 Å². The van der Waals surface area contributed by atoms with Crippen LogP contribution in [0.4, 0.5) is 0 Å². The Morgan fingerprint density at radius 3 is 1.20 bits per heavy atom. The molecule has 0 spiro atoms. The SMILES string of the molecule is C#CC#CC#CC#CC#CC#CC#CN. The number of terminal acetylenes is 1. The van der Waals surface area contributed by atoms with Crippen molar-refractivity contribution in [3.8, 4) is 83.5 Å². The van der Waals surface area contributed by atoms with Crippen molar-refractivity contribution < 1.29 is 0 Å². The maximum Gasteiger partial charge on any atom is 0.0160 e. The number of rotatable bonds is 0. The highest BCUT2D eigenvalue weighted by atomic mass is 14.4. The van der Waals surface area contributed by atoms with Crippen LogP contribution in [0.25, 0.3) is 0 Å². The Kier molecular flexibility index (Phi) is 8.38. The highest BCUT2D eigenvalue weighted by Gasteiger charge is 1.56. The van der Waals surface area contributed by atoms with E-state index in [0.29, 0.717) is 0 Å². The van der Waals surface area contributed by atoms with Gasteiger partial charge in [0.05, 0.1) is 0 Å². The molecule has 0 saturated heterocycles. The van der Waals surface area contributed by atoms with Crippen molar-refractivity contribution in [2.24, 2.45) is 5.73 Å². The van der Waals surface area contributed by atoms with E-state index in [0.717, 1.165) is 0 Å². The fourth-order valence-electron chi connectivity index (χ4n) is 0.353. The third-order valence-electron chi connectivity index (χ3n) is 0.769. The Bertz CT molecular complexity index is 619. The van der Waals surface area contributed by atoms with Gasteiger partial charge in [-0.1, -0.05) is 0 Å². The molecular formula is C14H3N. The first-order chi connectivity index (χ1) is 7.41. The molecule has 0 aromatic rings. The molecule has 0 unspecified atom stereocenters. The van der Waals surface area contributed by atoms with Gasteiger partial charge in [-0.3, -0.25) is 0 Å². The fourth-order valence-corrected chi connectivity index (χ4v) is 0.353. The van der Waals surface area contributed by atoms with Gasteiger partial charge in [0.15, 0.2) is 0 Å². The Morgan fingerprint density at radius 2 is 0.867 bits per heavy atom. The van der Waals surface area contributed by atoms with Crippen LogP contribution < -0.4 is 5.73 Å². The maximum absolute atomic E-state index is 4.86. The van der Waals surface area contributed by atoms with Crippen molar-refractivity contribution in [3.05, 3.63) is 0 Å². The second-order valence-electron chi connectivity index (χ2n) is 1.66. The molecule has 0 rings (SSSR count). The molecule has 1 heteroatoms. The topological polar surface area (TPSA) is 26.0 Å². The van der Waals surface area contributed by atoms with Crippen LogP contribution in [0.3, 0.4) is 0 Å². The first-order valence-electron chi connectivity index (χ1n) is 3.58. The lowest BCUT2D eigenvalue weighted by molar-refractivity contribution is 1.75. The lowest BCUT2D eigenvalue weighted by Crippen LogP contribution is -1.73. The summed E-state index contributed by atoms with van der Waals surface area (Å²) >= 11 is 0. The summed E-state index contributed by atoms with van der Waals surface area (Å²) in [7, 11) is 0. The van der Waals surface area contributed by atoms with E-state index in [1.165, 1.54) is 0 Å². The molecule has 0 amide bonds. The van der Waals surface area contributed by atoms with Crippen molar-refractivity contribution in [2.45, 2.75) is 0 Å². The van der Waals surface area contributed by atoms with Crippen molar-refractivity contribution in [2.75, 3.05) is 0 Å². The molecule has 1 nitrogen and oxygen atoms in total.